The molecule has 0 bridgehead atoms. The number of halogens is 1. The first-order valence-corrected chi connectivity index (χ1v) is 6.10. The topological polar surface area (TPSA) is 93.4 Å². The molecule has 2 amide bonds. The van der Waals surface area contributed by atoms with E-state index in [1.54, 1.807) is 0 Å². The highest BCUT2D eigenvalue weighted by Crippen LogP contribution is 2.07. The van der Waals surface area contributed by atoms with Gasteiger partial charge in [-0.05, 0) is 24.3 Å². The third-order valence-corrected chi connectivity index (χ3v) is 2.58. The summed E-state index contributed by atoms with van der Waals surface area (Å²) in [6.45, 7) is 0.0584. The molecule has 0 heterocycles. The molecule has 0 radical (unpaired) electrons. The number of hydrogen-bond acceptors (Lipinski definition) is 4. The van der Waals surface area contributed by atoms with Gasteiger partial charge in [0, 0.05) is 19.3 Å². The standard InChI is InChI=1S/C13H18FN3O3/c1-20-11(7-15)6-12(18)16-8-13(19)17-10-4-2-9(14)3-5-10/h2-5,11H,6-8,15H2,1H3,(H,16,18)(H,17,19). The summed E-state index contributed by atoms with van der Waals surface area (Å²) in [5.74, 6) is -1.10. The van der Waals surface area contributed by atoms with Crippen molar-refractivity contribution < 1.29 is 18.7 Å². The fourth-order valence-corrected chi connectivity index (χ4v) is 1.46. The van der Waals surface area contributed by atoms with E-state index in [4.69, 9.17) is 10.5 Å². The maximum atomic E-state index is 12.7. The molecule has 4 N–H and O–H groups in total. The lowest BCUT2D eigenvalue weighted by atomic mass is 10.2. The highest BCUT2D eigenvalue weighted by molar-refractivity contribution is 5.94. The van der Waals surface area contributed by atoms with Gasteiger partial charge in [-0.3, -0.25) is 9.59 Å². The van der Waals surface area contributed by atoms with Gasteiger partial charge in [0.25, 0.3) is 0 Å². The van der Waals surface area contributed by atoms with Gasteiger partial charge in [-0.2, -0.15) is 0 Å². The molecular weight excluding hydrogens is 265 g/mol. The number of carbonyl (C=O) groups excluding carboxylic acids is 2. The molecule has 7 heteroatoms. The minimum absolute atomic E-state index is 0.0941. The van der Waals surface area contributed by atoms with Crippen LogP contribution in [-0.4, -0.2) is 38.1 Å². The Labute approximate surface area is 116 Å². The zero-order chi connectivity index (χ0) is 15.0. The number of amides is 2. The molecule has 1 rings (SSSR count). The third-order valence-electron chi connectivity index (χ3n) is 2.58. The Balaban J connectivity index is 2.32. The maximum Gasteiger partial charge on any atom is 0.243 e. The number of carbonyl (C=O) groups is 2. The van der Waals surface area contributed by atoms with E-state index in [2.05, 4.69) is 10.6 Å². The Morgan fingerprint density at radius 1 is 1.30 bits per heavy atom. The van der Waals surface area contributed by atoms with Crippen LogP contribution >= 0.6 is 0 Å². The molecule has 1 unspecified atom stereocenters. The average Bonchev–Trinajstić information content (AvgIpc) is 2.45. The fourth-order valence-electron chi connectivity index (χ4n) is 1.46. The summed E-state index contributed by atoms with van der Waals surface area (Å²) in [6, 6.07) is 5.34. The van der Waals surface area contributed by atoms with Crippen molar-refractivity contribution in [3.8, 4) is 0 Å². The molecule has 1 aromatic carbocycles. The average molecular weight is 283 g/mol. The smallest absolute Gasteiger partial charge is 0.243 e. The summed E-state index contributed by atoms with van der Waals surface area (Å²) in [4.78, 5) is 23.0. The van der Waals surface area contributed by atoms with E-state index in [-0.39, 0.29) is 37.3 Å². The van der Waals surface area contributed by atoms with E-state index in [1.165, 1.54) is 31.4 Å². The summed E-state index contributed by atoms with van der Waals surface area (Å²) in [6.07, 6.45) is -0.272. The number of nitrogens with one attached hydrogen (secondary N) is 2. The normalized spacial score (nSPS) is 11.8. The van der Waals surface area contributed by atoms with E-state index in [9.17, 15) is 14.0 Å². The van der Waals surface area contributed by atoms with Crippen molar-refractivity contribution in [3.05, 3.63) is 30.1 Å². The molecule has 1 aromatic rings. The summed E-state index contributed by atoms with van der Waals surface area (Å²) < 4.78 is 17.6. The molecule has 20 heavy (non-hydrogen) atoms. The van der Waals surface area contributed by atoms with Crippen molar-refractivity contribution >= 4 is 17.5 Å². The van der Waals surface area contributed by atoms with Crippen molar-refractivity contribution in [2.45, 2.75) is 12.5 Å². The van der Waals surface area contributed by atoms with Gasteiger partial charge in [0.05, 0.1) is 19.1 Å². The van der Waals surface area contributed by atoms with Crippen LogP contribution in [0.4, 0.5) is 10.1 Å². The lowest BCUT2D eigenvalue weighted by Gasteiger charge is -2.12. The Morgan fingerprint density at radius 2 is 1.95 bits per heavy atom. The Hall–Kier alpha value is -1.99. The number of nitrogens with two attached hydrogens (primary N) is 1. The molecule has 0 aliphatic carbocycles. The molecule has 6 nitrogen and oxygen atoms in total. The molecular formula is C13H18FN3O3. The van der Waals surface area contributed by atoms with Crippen molar-refractivity contribution in [1.82, 2.24) is 5.32 Å². The number of rotatable bonds is 7. The second kappa shape index (κ2) is 8.23. The molecule has 0 aliphatic heterocycles. The SMILES string of the molecule is COC(CN)CC(=O)NCC(=O)Nc1ccc(F)cc1. The van der Waals surface area contributed by atoms with Crippen LogP contribution in [0.3, 0.4) is 0 Å². The highest BCUT2D eigenvalue weighted by Gasteiger charge is 2.12. The Kier molecular flexibility index (Phi) is 6.61. The van der Waals surface area contributed by atoms with Crippen LogP contribution in [0, 0.1) is 5.82 Å². The van der Waals surface area contributed by atoms with E-state index in [1.807, 2.05) is 0 Å². The summed E-state index contributed by atoms with van der Waals surface area (Å²) in [5, 5.41) is 4.98. The van der Waals surface area contributed by atoms with Gasteiger partial charge in [-0.25, -0.2) is 4.39 Å². The van der Waals surface area contributed by atoms with Crippen molar-refractivity contribution in [2.24, 2.45) is 5.73 Å². The molecule has 0 aliphatic rings. The van der Waals surface area contributed by atoms with Crippen LogP contribution in [-0.2, 0) is 14.3 Å². The first kappa shape index (κ1) is 16.1. The predicted octanol–water partition coefficient (Wildman–Crippen LogP) is 0.244. The minimum Gasteiger partial charge on any atom is -0.380 e. The summed E-state index contributed by atoms with van der Waals surface area (Å²) >= 11 is 0. The third kappa shape index (κ3) is 5.77. The zero-order valence-electron chi connectivity index (χ0n) is 11.2. The maximum absolute atomic E-state index is 12.7. The van der Waals surface area contributed by atoms with E-state index in [0.29, 0.717) is 5.69 Å². The number of anilines is 1. The largest absolute Gasteiger partial charge is 0.380 e. The van der Waals surface area contributed by atoms with Crippen LogP contribution in [0.5, 0.6) is 0 Å². The van der Waals surface area contributed by atoms with Crippen LogP contribution in [0.1, 0.15) is 6.42 Å². The number of benzene rings is 1. The van der Waals surface area contributed by atoms with E-state index in [0.717, 1.165) is 0 Å². The van der Waals surface area contributed by atoms with Crippen LogP contribution in [0.25, 0.3) is 0 Å². The van der Waals surface area contributed by atoms with Crippen LogP contribution in [0.15, 0.2) is 24.3 Å². The molecule has 110 valence electrons. The lowest BCUT2D eigenvalue weighted by molar-refractivity contribution is -0.125. The molecule has 0 saturated carbocycles. The highest BCUT2D eigenvalue weighted by atomic mass is 19.1. The molecule has 0 saturated heterocycles. The van der Waals surface area contributed by atoms with Crippen molar-refractivity contribution in [1.29, 1.82) is 0 Å². The summed E-state index contributed by atoms with van der Waals surface area (Å²) in [7, 11) is 1.46. The quantitative estimate of drug-likeness (QED) is 0.668. The van der Waals surface area contributed by atoms with Crippen molar-refractivity contribution in [3.63, 3.8) is 0 Å². The van der Waals surface area contributed by atoms with Gasteiger partial charge in [0.2, 0.25) is 11.8 Å². The van der Waals surface area contributed by atoms with Gasteiger partial charge in [-0.1, -0.05) is 0 Å². The van der Waals surface area contributed by atoms with E-state index >= 15 is 0 Å². The molecule has 0 aromatic heterocycles. The Bertz CT molecular complexity index is 447. The summed E-state index contributed by atoms with van der Waals surface area (Å²) in [5.41, 5.74) is 5.85. The predicted molar refractivity (Wildman–Crippen MR) is 72.5 cm³/mol. The second-order valence-electron chi connectivity index (χ2n) is 4.13. The number of methoxy groups -OCH3 is 1. The van der Waals surface area contributed by atoms with Gasteiger partial charge < -0.3 is 21.1 Å². The van der Waals surface area contributed by atoms with Gasteiger partial charge >= 0.3 is 0 Å². The Morgan fingerprint density at radius 3 is 2.50 bits per heavy atom. The zero-order valence-corrected chi connectivity index (χ0v) is 11.2. The van der Waals surface area contributed by atoms with Gasteiger partial charge in [-0.15, -0.1) is 0 Å². The molecule has 0 fully saturated rings. The lowest BCUT2D eigenvalue weighted by Crippen LogP contribution is -2.36. The van der Waals surface area contributed by atoms with Gasteiger partial charge in [0.15, 0.2) is 0 Å². The first-order chi connectivity index (χ1) is 9.55. The monoisotopic (exact) mass is 283 g/mol. The van der Waals surface area contributed by atoms with Crippen LogP contribution < -0.4 is 16.4 Å². The van der Waals surface area contributed by atoms with Gasteiger partial charge in [0.1, 0.15) is 5.82 Å². The second-order valence-corrected chi connectivity index (χ2v) is 4.13. The van der Waals surface area contributed by atoms with Crippen molar-refractivity contribution in [2.75, 3.05) is 25.5 Å². The number of hydrogen-bond donors (Lipinski definition) is 3. The molecule has 0 spiro atoms. The van der Waals surface area contributed by atoms with Crippen LogP contribution in [0.2, 0.25) is 0 Å². The number of ether oxygens (including phenoxy) is 1. The van der Waals surface area contributed by atoms with E-state index < -0.39 is 5.91 Å². The first-order valence-electron chi connectivity index (χ1n) is 6.10. The molecule has 1 atom stereocenters. The minimum atomic E-state index is -0.397. The fraction of sp³-hybridized carbons (Fsp3) is 0.385.